The number of aldehydes is 1. The highest BCUT2D eigenvalue weighted by atomic mass is 32.1. The van der Waals surface area contributed by atoms with Crippen LogP contribution in [0, 0.1) is 0 Å². The first-order valence-corrected chi connectivity index (χ1v) is 5.81. The van der Waals surface area contributed by atoms with E-state index in [4.69, 9.17) is 0 Å². The average Bonchev–Trinajstić information content (AvgIpc) is 2.78. The zero-order valence-electron chi connectivity index (χ0n) is 8.54. The molecule has 0 aliphatic carbocycles. The first kappa shape index (κ1) is 11.0. The van der Waals surface area contributed by atoms with Crippen molar-refractivity contribution in [1.82, 2.24) is 4.98 Å². The summed E-state index contributed by atoms with van der Waals surface area (Å²) >= 11 is 1.46. The van der Waals surface area contributed by atoms with Gasteiger partial charge in [-0.15, -0.1) is 11.3 Å². The highest BCUT2D eigenvalue weighted by molar-refractivity contribution is 7.09. The zero-order chi connectivity index (χ0) is 11.4. The summed E-state index contributed by atoms with van der Waals surface area (Å²) < 4.78 is 0. The highest BCUT2D eigenvalue weighted by Gasteiger charge is 2.08. The van der Waals surface area contributed by atoms with Crippen LogP contribution in [0.25, 0.3) is 11.3 Å². The SMILES string of the molecule is O=CC(O)Cc1nc(-c2ccccc2)cs1. The molecule has 3 nitrogen and oxygen atoms in total. The molecule has 0 aliphatic rings. The molecule has 0 spiro atoms. The van der Waals surface area contributed by atoms with Gasteiger partial charge in [0.15, 0.2) is 0 Å². The number of carbonyl (C=O) groups is 1. The van der Waals surface area contributed by atoms with E-state index in [2.05, 4.69) is 4.98 Å². The Morgan fingerprint density at radius 1 is 1.38 bits per heavy atom. The number of aliphatic hydroxyl groups is 1. The average molecular weight is 233 g/mol. The van der Waals surface area contributed by atoms with Crippen LogP contribution in [-0.4, -0.2) is 22.5 Å². The quantitative estimate of drug-likeness (QED) is 0.821. The van der Waals surface area contributed by atoms with Crippen molar-refractivity contribution >= 4 is 17.6 Å². The molecular formula is C12H11NO2S. The molecule has 82 valence electrons. The lowest BCUT2D eigenvalue weighted by Gasteiger charge is -1.97. The van der Waals surface area contributed by atoms with E-state index < -0.39 is 6.10 Å². The summed E-state index contributed by atoms with van der Waals surface area (Å²) in [5, 5.41) is 11.9. The number of benzene rings is 1. The van der Waals surface area contributed by atoms with Gasteiger partial charge in [-0.05, 0) is 0 Å². The molecule has 0 saturated carbocycles. The van der Waals surface area contributed by atoms with Gasteiger partial charge >= 0.3 is 0 Å². The topological polar surface area (TPSA) is 50.2 Å². The maximum absolute atomic E-state index is 10.3. The van der Waals surface area contributed by atoms with E-state index in [9.17, 15) is 9.90 Å². The first-order valence-electron chi connectivity index (χ1n) is 4.93. The van der Waals surface area contributed by atoms with Crippen LogP contribution >= 0.6 is 11.3 Å². The standard InChI is InChI=1S/C12H11NO2S/c14-7-10(15)6-12-13-11(8-16-12)9-4-2-1-3-5-9/h1-5,7-8,10,15H,6H2. The van der Waals surface area contributed by atoms with Crippen molar-refractivity contribution in [3.63, 3.8) is 0 Å². The Hall–Kier alpha value is -1.52. The number of nitrogens with zero attached hydrogens (tertiary/aromatic N) is 1. The number of rotatable bonds is 4. The molecular weight excluding hydrogens is 222 g/mol. The number of carbonyl (C=O) groups excluding carboxylic acids is 1. The van der Waals surface area contributed by atoms with Crippen LogP contribution in [0.4, 0.5) is 0 Å². The van der Waals surface area contributed by atoms with Crippen molar-refractivity contribution < 1.29 is 9.90 Å². The van der Waals surface area contributed by atoms with E-state index in [-0.39, 0.29) is 0 Å². The van der Waals surface area contributed by atoms with Crippen molar-refractivity contribution in [1.29, 1.82) is 0 Å². The number of aliphatic hydroxyl groups excluding tert-OH is 1. The Kier molecular flexibility index (Phi) is 3.44. The Morgan fingerprint density at radius 2 is 2.12 bits per heavy atom. The Morgan fingerprint density at radius 3 is 2.81 bits per heavy atom. The second kappa shape index (κ2) is 5.01. The molecule has 1 N–H and O–H groups in total. The van der Waals surface area contributed by atoms with Crippen LogP contribution < -0.4 is 0 Å². The summed E-state index contributed by atoms with van der Waals surface area (Å²) in [5.74, 6) is 0. The van der Waals surface area contributed by atoms with Crippen LogP contribution in [-0.2, 0) is 11.2 Å². The molecule has 0 radical (unpaired) electrons. The number of hydrogen-bond acceptors (Lipinski definition) is 4. The molecule has 4 heteroatoms. The van der Waals surface area contributed by atoms with Crippen LogP contribution in [0.15, 0.2) is 35.7 Å². The molecule has 0 bridgehead atoms. The van der Waals surface area contributed by atoms with Crippen LogP contribution in [0.5, 0.6) is 0 Å². The predicted molar refractivity (Wildman–Crippen MR) is 63.3 cm³/mol. The summed E-state index contributed by atoms with van der Waals surface area (Å²) in [6.07, 6.45) is -0.125. The minimum Gasteiger partial charge on any atom is -0.385 e. The fraction of sp³-hybridized carbons (Fsp3) is 0.167. The molecule has 16 heavy (non-hydrogen) atoms. The van der Waals surface area contributed by atoms with Gasteiger partial charge in [-0.2, -0.15) is 0 Å². The van der Waals surface area contributed by atoms with Crippen molar-refractivity contribution in [2.24, 2.45) is 0 Å². The lowest BCUT2D eigenvalue weighted by Crippen LogP contribution is -2.11. The fourth-order valence-corrected chi connectivity index (χ4v) is 2.23. The summed E-state index contributed by atoms with van der Waals surface area (Å²) in [5.41, 5.74) is 1.93. The van der Waals surface area contributed by atoms with Gasteiger partial charge in [-0.25, -0.2) is 4.98 Å². The van der Waals surface area contributed by atoms with Gasteiger partial charge in [0.05, 0.1) is 10.7 Å². The van der Waals surface area contributed by atoms with Gasteiger partial charge in [-0.3, -0.25) is 0 Å². The Bertz CT molecular complexity index is 467. The van der Waals surface area contributed by atoms with Crippen molar-refractivity contribution in [2.75, 3.05) is 0 Å². The lowest BCUT2D eigenvalue weighted by atomic mass is 10.2. The van der Waals surface area contributed by atoms with Gasteiger partial charge in [-0.1, -0.05) is 30.3 Å². The molecule has 0 aliphatic heterocycles. The second-order valence-electron chi connectivity index (χ2n) is 3.40. The van der Waals surface area contributed by atoms with Crippen LogP contribution in [0.1, 0.15) is 5.01 Å². The smallest absolute Gasteiger partial charge is 0.148 e. The predicted octanol–water partition coefficient (Wildman–Crippen LogP) is 1.91. The Balaban J connectivity index is 2.17. The molecule has 0 saturated heterocycles. The molecule has 1 unspecified atom stereocenters. The van der Waals surface area contributed by atoms with E-state index in [0.29, 0.717) is 12.7 Å². The summed E-state index contributed by atoms with van der Waals surface area (Å²) in [6, 6.07) is 9.82. The first-order chi connectivity index (χ1) is 7.79. The monoisotopic (exact) mass is 233 g/mol. The minimum atomic E-state index is -0.949. The maximum atomic E-state index is 10.3. The van der Waals surface area contributed by atoms with Gasteiger partial charge in [0, 0.05) is 17.4 Å². The van der Waals surface area contributed by atoms with E-state index in [1.54, 1.807) is 0 Å². The van der Waals surface area contributed by atoms with Crippen molar-refractivity contribution in [2.45, 2.75) is 12.5 Å². The van der Waals surface area contributed by atoms with Crippen LogP contribution in [0.3, 0.4) is 0 Å². The fourth-order valence-electron chi connectivity index (χ4n) is 1.37. The molecule has 1 heterocycles. The third-order valence-corrected chi connectivity index (χ3v) is 3.03. The molecule has 0 fully saturated rings. The number of thiazole rings is 1. The van der Waals surface area contributed by atoms with Gasteiger partial charge < -0.3 is 9.90 Å². The molecule has 1 aromatic heterocycles. The van der Waals surface area contributed by atoms with Gasteiger partial charge in [0.25, 0.3) is 0 Å². The lowest BCUT2D eigenvalue weighted by molar-refractivity contribution is -0.114. The highest BCUT2D eigenvalue weighted by Crippen LogP contribution is 2.21. The van der Waals surface area contributed by atoms with Gasteiger partial charge in [0.2, 0.25) is 0 Å². The summed E-state index contributed by atoms with van der Waals surface area (Å²) in [6.45, 7) is 0. The largest absolute Gasteiger partial charge is 0.385 e. The van der Waals surface area contributed by atoms with Crippen molar-refractivity contribution in [3.8, 4) is 11.3 Å². The molecule has 0 amide bonds. The summed E-state index contributed by atoms with van der Waals surface area (Å²) in [4.78, 5) is 14.7. The number of hydrogen-bond donors (Lipinski definition) is 1. The molecule has 2 aromatic rings. The Labute approximate surface area is 97.4 Å². The van der Waals surface area contributed by atoms with E-state index in [1.165, 1.54) is 11.3 Å². The van der Waals surface area contributed by atoms with Crippen molar-refractivity contribution in [3.05, 3.63) is 40.7 Å². The molecule has 1 aromatic carbocycles. The molecule has 1 atom stereocenters. The van der Waals surface area contributed by atoms with E-state index in [0.717, 1.165) is 16.3 Å². The zero-order valence-corrected chi connectivity index (χ0v) is 9.35. The van der Waals surface area contributed by atoms with Crippen LogP contribution in [0.2, 0.25) is 0 Å². The van der Waals surface area contributed by atoms with E-state index >= 15 is 0 Å². The third-order valence-electron chi connectivity index (χ3n) is 2.16. The molecule has 2 rings (SSSR count). The minimum absolute atomic E-state index is 0.293. The van der Waals surface area contributed by atoms with Gasteiger partial charge in [0.1, 0.15) is 12.4 Å². The third kappa shape index (κ3) is 2.53. The number of aromatic nitrogens is 1. The maximum Gasteiger partial charge on any atom is 0.148 e. The second-order valence-corrected chi connectivity index (χ2v) is 4.34. The normalized spacial score (nSPS) is 12.3. The summed E-state index contributed by atoms with van der Waals surface area (Å²) in [7, 11) is 0. The van der Waals surface area contributed by atoms with E-state index in [1.807, 2.05) is 35.7 Å².